The highest BCUT2D eigenvalue weighted by atomic mass is 32.2. The molecule has 1 aromatic carbocycles. The van der Waals surface area contributed by atoms with Crippen molar-refractivity contribution in [1.29, 1.82) is 0 Å². The fraction of sp³-hybridized carbons (Fsp3) is 0.250. The summed E-state index contributed by atoms with van der Waals surface area (Å²) in [6.45, 7) is 3.56. The topological polar surface area (TPSA) is 63.3 Å². The second kappa shape index (κ2) is 5.61. The van der Waals surface area contributed by atoms with Gasteiger partial charge in [0.25, 0.3) is 0 Å². The van der Waals surface area contributed by atoms with Gasteiger partial charge in [0.1, 0.15) is 0 Å². The molecule has 0 saturated heterocycles. The van der Waals surface area contributed by atoms with E-state index in [1.54, 1.807) is 24.8 Å². The number of nitrogens with two attached hydrogens (primary N) is 1. The minimum Gasteiger partial charge on any atom is -0.478 e. The van der Waals surface area contributed by atoms with Crippen molar-refractivity contribution in [2.24, 2.45) is 0 Å². The third-order valence-corrected chi connectivity index (χ3v) is 3.38. The lowest BCUT2D eigenvalue weighted by atomic mass is 10.2. The Labute approximate surface area is 99.4 Å². The van der Waals surface area contributed by atoms with Crippen LogP contribution in [0.25, 0.3) is 0 Å². The summed E-state index contributed by atoms with van der Waals surface area (Å²) in [5, 5.41) is 8.68. The lowest BCUT2D eigenvalue weighted by molar-refractivity contribution is -0.132. The molecule has 16 heavy (non-hydrogen) atoms. The zero-order valence-electron chi connectivity index (χ0n) is 9.36. The van der Waals surface area contributed by atoms with E-state index in [1.807, 2.05) is 25.1 Å². The second-order valence-electron chi connectivity index (χ2n) is 3.47. The molecule has 0 saturated carbocycles. The molecule has 0 aromatic heterocycles. The van der Waals surface area contributed by atoms with Crippen molar-refractivity contribution in [1.82, 2.24) is 0 Å². The van der Waals surface area contributed by atoms with E-state index in [9.17, 15) is 4.79 Å². The molecule has 0 fully saturated rings. The summed E-state index contributed by atoms with van der Waals surface area (Å²) in [7, 11) is 0. The van der Waals surface area contributed by atoms with Crippen LogP contribution in [-0.2, 0) is 4.79 Å². The van der Waals surface area contributed by atoms with Crippen molar-refractivity contribution < 1.29 is 9.90 Å². The number of aliphatic carboxylic acids is 1. The Hall–Kier alpha value is -1.42. The largest absolute Gasteiger partial charge is 0.478 e. The average molecular weight is 237 g/mol. The number of benzene rings is 1. The SMILES string of the molecule is CC(=CCSc1cccc(N)c1C)C(=O)O. The molecular weight excluding hydrogens is 222 g/mol. The van der Waals surface area contributed by atoms with Gasteiger partial charge >= 0.3 is 5.97 Å². The minimum atomic E-state index is -0.870. The molecule has 0 bridgehead atoms. The van der Waals surface area contributed by atoms with Crippen molar-refractivity contribution in [2.75, 3.05) is 11.5 Å². The molecule has 86 valence electrons. The summed E-state index contributed by atoms with van der Waals surface area (Å²) in [5.41, 5.74) is 7.96. The van der Waals surface area contributed by atoms with Crippen LogP contribution in [0.2, 0.25) is 0 Å². The molecule has 3 nitrogen and oxygen atoms in total. The molecule has 0 amide bonds. The Kier molecular flexibility index (Phi) is 4.43. The Morgan fingerprint density at radius 1 is 1.56 bits per heavy atom. The Morgan fingerprint density at radius 2 is 2.25 bits per heavy atom. The quantitative estimate of drug-likeness (QED) is 0.480. The summed E-state index contributed by atoms with van der Waals surface area (Å²) >= 11 is 1.59. The first kappa shape index (κ1) is 12.6. The van der Waals surface area contributed by atoms with Gasteiger partial charge in [-0.3, -0.25) is 0 Å². The van der Waals surface area contributed by atoms with Gasteiger partial charge in [0.2, 0.25) is 0 Å². The third kappa shape index (κ3) is 3.31. The van der Waals surface area contributed by atoms with E-state index in [2.05, 4.69) is 0 Å². The van der Waals surface area contributed by atoms with Crippen LogP contribution in [0.1, 0.15) is 12.5 Å². The summed E-state index contributed by atoms with van der Waals surface area (Å²) in [6.07, 6.45) is 1.70. The molecule has 0 radical (unpaired) electrons. The van der Waals surface area contributed by atoms with Crippen molar-refractivity contribution in [3.63, 3.8) is 0 Å². The van der Waals surface area contributed by atoms with Gasteiger partial charge in [-0.1, -0.05) is 12.1 Å². The number of thioether (sulfide) groups is 1. The van der Waals surface area contributed by atoms with Crippen LogP contribution >= 0.6 is 11.8 Å². The molecule has 0 atom stereocenters. The first-order valence-electron chi connectivity index (χ1n) is 4.90. The number of carboxylic acid groups (broad SMARTS) is 1. The molecule has 0 heterocycles. The van der Waals surface area contributed by atoms with Crippen molar-refractivity contribution >= 4 is 23.4 Å². The van der Waals surface area contributed by atoms with Gasteiger partial charge in [0.15, 0.2) is 0 Å². The zero-order chi connectivity index (χ0) is 12.1. The van der Waals surface area contributed by atoms with Gasteiger partial charge in [0, 0.05) is 21.9 Å². The van der Waals surface area contributed by atoms with Gasteiger partial charge in [-0.25, -0.2) is 4.79 Å². The number of carbonyl (C=O) groups is 1. The van der Waals surface area contributed by atoms with E-state index in [4.69, 9.17) is 10.8 Å². The fourth-order valence-electron chi connectivity index (χ4n) is 1.13. The van der Waals surface area contributed by atoms with Gasteiger partial charge in [-0.2, -0.15) is 0 Å². The number of rotatable bonds is 4. The maximum absolute atomic E-state index is 10.6. The lowest BCUT2D eigenvalue weighted by Crippen LogP contribution is -1.96. The normalized spacial score (nSPS) is 11.5. The van der Waals surface area contributed by atoms with Crippen LogP contribution in [0.5, 0.6) is 0 Å². The highest BCUT2D eigenvalue weighted by molar-refractivity contribution is 7.99. The number of anilines is 1. The Balaban J connectivity index is 2.66. The summed E-state index contributed by atoms with van der Waals surface area (Å²) in [6, 6.07) is 5.75. The molecule has 0 aliphatic carbocycles. The van der Waals surface area contributed by atoms with Gasteiger partial charge in [-0.15, -0.1) is 11.8 Å². The highest BCUT2D eigenvalue weighted by Gasteiger charge is 2.02. The molecule has 0 unspecified atom stereocenters. The summed E-state index contributed by atoms with van der Waals surface area (Å²) < 4.78 is 0. The molecule has 0 aliphatic heterocycles. The fourth-order valence-corrected chi connectivity index (χ4v) is 2.15. The standard InChI is InChI=1S/C12H15NO2S/c1-8(12(14)15)6-7-16-11-5-3-4-10(13)9(11)2/h3-6H,7,13H2,1-2H3,(H,14,15). The average Bonchev–Trinajstić information content (AvgIpc) is 2.24. The van der Waals surface area contributed by atoms with Crippen molar-refractivity contribution in [2.45, 2.75) is 18.7 Å². The minimum absolute atomic E-state index is 0.369. The van der Waals surface area contributed by atoms with Crippen LogP contribution in [0.3, 0.4) is 0 Å². The number of hydrogen-bond acceptors (Lipinski definition) is 3. The van der Waals surface area contributed by atoms with Crippen LogP contribution < -0.4 is 5.73 Å². The van der Waals surface area contributed by atoms with E-state index in [0.29, 0.717) is 11.3 Å². The smallest absolute Gasteiger partial charge is 0.330 e. The van der Waals surface area contributed by atoms with Crippen LogP contribution in [0.15, 0.2) is 34.7 Å². The van der Waals surface area contributed by atoms with E-state index in [-0.39, 0.29) is 0 Å². The lowest BCUT2D eigenvalue weighted by Gasteiger charge is -2.06. The Bertz CT molecular complexity index is 427. The van der Waals surface area contributed by atoms with Gasteiger partial charge < -0.3 is 10.8 Å². The molecule has 0 aliphatic rings. The van der Waals surface area contributed by atoms with Crippen LogP contribution in [0, 0.1) is 6.92 Å². The van der Waals surface area contributed by atoms with Crippen LogP contribution in [0.4, 0.5) is 5.69 Å². The third-order valence-electron chi connectivity index (χ3n) is 2.29. The highest BCUT2D eigenvalue weighted by Crippen LogP contribution is 2.26. The molecule has 1 aromatic rings. The van der Waals surface area contributed by atoms with Crippen molar-refractivity contribution in [3.8, 4) is 0 Å². The van der Waals surface area contributed by atoms with E-state index >= 15 is 0 Å². The number of hydrogen-bond donors (Lipinski definition) is 2. The number of nitrogen functional groups attached to an aromatic ring is 1. The predicted octanol–water partition coefficient (Wildman–Crippen LogP) is 2.70. The number of carboxylic acids is 1. The van der Waals surface area contributed by atoms with Gasteiger partial charge in [-0.05, 0) is 31.5 Å². The predicted molar refractivity (Wildman–Crippen MR) is 67.7 cm³/mol. The molecule has 1 rings (SSSR count). The second-order valence-corrected chi connectivity index (χ2v) is 4.54. The molecular formula is C12H15NO2S. The summed E-state index contributed by atoms with van der Waals surface area (Å²) in [4.78, 5) is 11.7. The van der Waals surface area contributed by atoms with Crippen molar-refractivity contribution in [3.05, 3.63) is 35.4 Å². The van der Waals surface area contributed by atoms with E-state index in [1.165, 1.54) is 0 Å². The first-order valence-corrected chi connectivity index (χ1v) is 5.89. The van der Waals surface area contributed by atoms with Crippen LogP contribution in [-0.4, -0.2) is 16.8 Å². The maximum Gasteiger partial charge on any atom is 0.330 e. The molecule has 0 spiro atoms. The molecule has 4 heteroatoms. The summed E-state index contributed by atoms with van der Waals surface area (Å²) in [5.74, 6) is -0.229. The van der Waals surface area contributed by atoms with E-state index in [0.717, 1.165) is 16.1 Å². The zero-order valence-corrected chi connectivity index (χ0v) is 10.2. The van der Waals surface area contributed by atoms with E-state index < -0.39 is 5.97 Å². The Morgan fingerprint density at radius 3 is 2.88 bits per heavy atom. The van der Waals surface area contributed by atoms with Gasteiger partial charge in [0.05, 0.1) is 0 Å². The molecule has 3 N–H and O–H groups in total. The monoisotopic (exact) mass is 237 g/mol. The first-order chi connectivity index (χ1) is 7.52. The maximum atomic E-state index is 10.6.